The number of nitrogens with one attached hydrogen (secondary N) is 1. The van der Waals surface area contributed by atoms with Crippen molar-refractivity contribution in [2.24, 2.45) is 5.84 Å². The molecule has 6 nitrogen and oxygen atoms in total. The summed E-state index contributed by atoms with van der Waals surface area (Å²) in [6, 6.07) is 23.2. The molecule has 0 bridgehead atoms. The molecule has 0 unspecified atom stereocenters. The Labute approximate surface area is 196 Å². The average molecular weight is 445 g/mol. The molecule has 3 rings (SSSR count). The van der Waals surface area contributed by atoms with Crippen molar-refractivity contribution in [1.82, 2.24) is 4.90 Å². The van der Waals surface area contributed by atoms with Gasteiger partial charge in [-0.05, 0) is 59.9 Å². The number of hydrogen-bond acceptors (Lipinski definition) is 4. The first-order valence-corrected chi connectivity index (χ1v) is 11.2. The third kappa shape index (κ3) is 5.79. The number of anilines is 1. The van der Waals surface area contributed by atoms with Crippen LogP contribution >= 0.6 is 0 Å². The van der Waals surface area contributed by atoms with Crippen LogP contribution in [0.5, 0.6) is 0 Å². The van der Waals surface area contributed by atoms with Gasteiger partial charge in [-0.1, -0.05) is 61.9 Å². The Morgan fingerprint density at radius 2 is 1.70 bits per heavy atom. The van der Waals surface area contributed by atoms with Gasteiger partial charge >= 0.3 is 5.97 Å². The van der Waals surface area contributed by atoms with E-state index in [1.807, 2.05) is 84.6 Å². The van der Waals surface area contributed by atoms with Crippen molar-refractivity contribution in [3.05, 3.63) is 89.5 Å². The molecule has 0 radical (unpaired) electrons. The van der Waals surface area contributed by atoms with Gasteiger partial charge < -0.3 is 9.64 Å². The molecule has 0 fully saturated rings. The van der Waals surface area contributed by atoms with Crippen molar-refractivity contribution < 1.29 is 9.53 Å². The van der Waals surface area contributed by atoms with Gasteiger partial charge in [0.15, 0.2) is 0 Å². The Hall–Kier alpha value is -3.64. The van der Waals surface area contributed by atoms with Crippen LogP contribution in [0.15, 0.2) is 72.8 Å². The van der Waals surface area contributed by atoms with E-state index in [4.69, 9.17) is 16.0 Å². The molecule has 0 aliphatic carbocycles. The van der Waals surface area contributed by atoms with Crippen LogP contribution in [0, 0.1) is 12.3 Å². The largest absolute Gasteiger partial charge is 0.465 e. The molecule has 0 atom stereocenters. The molecule has 0 heterocycles. The number of benzene rings is 3. The van der Waals surface area contributed by atoms with E-state index >= 15 is 0 Å². The maximum Gasteiger partial charge on any atom is 0.338 e. The maximum absolute atomic E-state index is 12.5. The van der Waals surface area contributed by atoms with Gasteiger partial charge in [0.25, 0.3) is 0 Å². The summed E-state index contributed by atoms with van der Waals surface area (Å²) in [6.07, 6.45) is 1.95. The van der Waals surface area contributed by atoms with E-state index in [0.29, 0.717) is 18.7 Å². The molecule has 0 aromatic heterocycles. The number of rotatable bonds is 8. The second-order valence-electron chi connectivity index (χ2n) is 7.99. The second kappa shape index (κ2) is 11.3. The van der Waals surface area contributed by atoms with Crippen LogP contribution in [0.1, 0.15) is 41.3 Å². The number of carbonyl (C=O) groups is 1. The number of nitrogens with zero attached hydrogens (tertiary/aromatic N) is 2. The van der Waals surface area contributed by atoms with Crippen LogP contribution in [-0.4, -0.2) is 30.5 Å². The van der Waals surface area contributed by atoms with Crippen LogP contribution in [0.3, 0.4) is 0 Å². The number of ether oxygens (including phenoxy) is 1. The smallest absolute Gasteiger partial charge is 0.338 e. The number of nitrogens with two attached hydrogens (primary N) is 1. The summed E-state index contributed by atoms with van der Waals surface area (Å²) in [5, 5.41) is 10.2. The van der Waals surface area contributed by atoms with Crippen LogP contribution in [0.4, 0.5) is 5.69 Å². The second-order valence-corrected chi connectivity index (χ2v) is 7.99. The van der Waals surface area contributed by atoms with Crippen LogP contribution in [0.2, 0.25) is 0 Å². The van der Waals surface area contributed by atoms with Crippen LogP contribution in [0.25, 0.3) is 11.1 Å². The number of unbranched alkanes of at least 4 members (excludes halogenated alkanes) is 1. The van der Waals surface area contributed by atoms with Crippen molar-refractivity contribution in [2.75, 3.05) is 18.7 Å². The number of methoxy groups -OCH3 is 1. The number of hydrogen-bond donors (Lipinski definition) is 2. The zero-order chi connectivity index (χ0) is 23.8. The fourth-order valence-electron chi connectivity index (χ4n) is 3.77. The third-order valence-corrected chi connectivity index (χ3v) is 5.64. The van der Waals surface area contributed by atoms with E-state index in [1.54, 1.807) is 0 Å². The first kappa shape index (κ1) is 24.0. The Morgan fingerprint density at radius 1 is 1.00 bits per heavy atom. The zero-order valence-electron chi connectivity index (χ0n) is 19.5. The summed E-state index contributed by atoms with van der Waals surface area (Å²) in [5.41, 5.74) is 5.16. The lowest BCUT2D eigenvalue weighted by molar-refractivity contribution is 0.0601. The highest BCUT2D eigenvalue weighted by atomic mass is 16.5. The molecule has 3 aromatic carbocycles. The van der Waals surface area contributed by atoms with Gasteiger partial charge in [-0.25, -0.2) is 15.6 Å². The number of guanidine groups is 1. The summed E-state index contributed by atoms with van der Waals surface area (Å²) in [7, 11) is 1.39. The highest BCUT2D eigenvalue weighted by Crippen LogP contribution is 2.29. The first-order chi connectivity index (χ1) is 16.0. The van der Waals surface area contributed by atoms with Gasteiger partial charge in [0.05, 0.1) is 18.4 Å². The number of aryl methyl sites for hydroxylation is 1. The number of hydrazine groups is 1. The minimum atomic E-state index is -0.368. The summed E-state index contributed by atoms with van der Waals surface area (Å²) < 4.78 is 5.02. The van der Waals surface area contributed by atoms with Crippen molar-refractivity contribution in [1.29, 1.82) is 5.41 Å². The average Bonchev–Trinajstić information content (AvgIpc) is 2.86. The number of carbonyl (C=O) groups excluding carboxylic acids is 1. The molecule has 0 amide bonds. The van der Waals surface area contributed by atoms with Gasteiger partial charge in [-0.3, -0.25) is 5.41 Å². The fourth-order valence-corrected chi connectivity index (χ4v) is 3.77. The van der Waals surface area contributed by atoms with Gasteiger partial charge in [0.1, 0.15) is 0 Å². The standard InChI is InChI=1S/C27H32N4O2/c1-4-5-17-30(27(28)31(29)22-12-7-6-8-13-22)19-21-15-16-24(26(32)33-3)25(18-21)23-14-10-9-11-20(23)2/h6-16,18,28H,4-5,17,19,29H2,1-3H3. The lowest BCUT2D eigenvalue weighted by Gasteiger charge is -2.31. The Morgan fingerprint density at radius 3 is 2.36 bits per heavy atom. The summed E-state index contributed by atoms with van der Waals surface area (Å²) in [4.78, 5) is 14.4. The van der Waals surface area contributed by atoms with E-state index in [9.17, 15) is 4.79 Å². The van der Waals surface area contributed by atoms with E-state index in [2.05, 4.69) is 6.92 Å². The summed E-state index contributed by atoms with van der Waals surface area (Å²) in [6.45, 7) is 5.35. The van der Waals surface area contributed by atoms with Crippen molar-refractivity contribution in [3.63, 3.8) is 0 Å². The topological polar surface area (TPSA) is 82.7 Å². The molecule has 6 heteroatoms. The normalized spacial score (nSPS) is 10.5. The zero-order valence-corrected chi connectivity index (χ0v) is 19.5. The quantitative estimate of drug-likeness (QED) is 0.161. The van der Waals surface area contributed by atoms with Crippen molar-refractivity contribution >= 4 is 17.6 Å². The third-order valence-electron chi connectivity index (χ3n) is 5.64. The molecule has 0 saturated heterocycles. The van der Waals surface area contributed by atoms with Gasteiger partial charge in [-0.2, -0.15) is 0 Å². The molecule has 3 aromatic rings. The highest BCUT2D eigenvalue weighted by molar-refractivity contribution is 5.98. The van der Waals surface area contributed by atoms with Crippen molar-refractivity contribution in [2.45, 2.75) is 33.2 Å². The Balaban J connectivity index is 1.96. The minimum Gasteiger partial charge on any atom is -0.465 e. The lowest BCUT2D eigenvalue weighted by atomic mass is 9.94. The van der Waals surface area contributed by atoms with E-state index in [1.165, 1.54) is 12.1 Å². The van der Waals surface area contributed by atoms with E-state index in [-0.39, 0.29) is 11.9 Å². The molecular weight excluding hydrogens is 412 g/mol. The van der Waals surface area contributed by atoms with Gasteiger partial charge in [0, 0.05) is 13.1 Å². The Kier molecular flexibility index (Phi) is 8.22. The molecular formula is C27H32N4O2. The van der Waals surface area contributed by atoms with Crippen molar-refractivity contribution in [3.8, 4) is 11.1 Å². The van der Waals surface area contributed by atoms with Gasteiger partial charge in [0.2, 0.25) is 5.96 Å². The number of esters is 1. The molecule has 172 valence electrons. The predicted octanol–water partition coefficient (Wildman–Crippen LogP) is 5.37. The Bertz CT molecular complexity index is 1100. The SMILES string of the molecule is CCCCN(Cc1ccc(C(=O)OC)c(-c2ccccc2C)c1)C(=N)N(N)c1ccccc1. The maximum atomic E-state index is 12.5. The molecule has 0 spiro atoms. The van der Waals surface area contributed by atoms with Gasteiger partial charge in [-0.15, -0.1) is 0 Å². The summed E-state index contributed by atoms with van der Waals surface area (Å²) in [5.74, 6) is 6.15. The molecule has 0 aliphatic rings. The lowest BCUT2D eigenvalue weighted by Crippen LogP contribution is -2.48. The minimum absolute atomic E-state index is 0.226. The molecule has 33 heavy (non-hydrogen) atoms. The molecule has 3 N–H and O–H groups in total. The predicted molar refractivity (Wildman–Crippen MR) is 134 cm³/mol. The summed E-state index contributed by atoms with van der Waals surface area (Å²) >= 11 is 0. The monoisotopic (exact) mass is 444 g/mol. The fraction of sp³-hybridized carbons (Fsp3) is 0.259. The number of para-hydroxylation sites is 1. The van der Waals surface area contributed by atoms with E-state index < -0.39 is 0 Å². The van der Waals surface area contributed by atoms with Crippen LogP contribution in [-0.2, 0) is 11.3 Å². The molecule has 0 saturated carbocycles. The van der Waals surface area contributed by atoms with Crippen LogP contribution < -0.4 is 10.9 Å². The highest BCUT2D eigenvalue weighted by Gasteiger charge is 2.19. The van der Waals surface area contributed by atoms with E-state index in [0.717, 1.165) is 40.8 Å². The molecule has 0 aliphatic heterocycles. The first-order valence-electron chi connectivity index (χ1n) is 11.2.